The monoisotopic (exact) mass is 306 g/mol. The van der Waals surface area contributed by atoms with Crippen molar-refractivity contribution < 1.29 is 24.7 Å². The van der Waals surface area contributed by atoms with Gasteiger partial charge in [0.1, 0.15) is 6.04 Å². The third-order valence-corrected chi connectivity index (χ3v) is 2.72. The number of benzene rings is 1. The molecule has 0 spiro atoms. The van der Waals surface area contributed by atoms with Crippen LogP contribution >= 0.6 is 0 Å². The molecule has 1 aromatic rings. The molecule has 0 saturated carbocycles. The molecule has 0 saturated heterocycles. The summed E-state index contributed by atoms with van der Waals surface area (Å²) in [7, 11) is 0. The van der Waals surface area contributed by atoms with Gasteiger partial charge in [-0.1, -0.05) is 18.2 Å². The fraction of sp³-hybridized carbons (Fsp3) is 0.143. The predicted molar refractivity (Wildman–Crippen MR) is 78.1 cm³/mol. The average Bonchev–Trinajstić information content (AvgIpc) is 2.46. The van der Waals surface area contributed by atoms with Gasteiger partial charge in [0.2, 0.25) is 0 Å². The van der Waals surface area contributed by atoms with Gasteiger partial charge in [0.05, 0.1) is 4.92 Å². The lowest BCUT2D eigenvalue weighted by Crippen LogP contribution is -2.31. The Hall–Kier alpha value is -3.00. The van der Waals surface area contributed by atoms with Gasteiger partial charge in [0.25, 0.3) is 5.69 Å². The Bertz CT molecular complexity index is 633. The van der Waals surface area contributed by atoms with Gasteiger partial charge in [-0.05, 0) is 17.7 Å². The number of hydrogen-bond donors (Lipinski definition) is 3. The maximum atomic E-state index is 11.0. The summed E-state index contributed by atoms with van der Waals surface area (Å²) in [4.78, 5) is 31.6. The number of carbonyl (C=O) groups is 2. The van der Waals surface area contributed by atoms with Crippen LogP contribution in [0, 0.1) is 10.1 Å². The summed E-state index contributed by atoms with van der Waals surface area (Å²) in [5.74, 6) is -2.54. The first-order valence-electron chi connectivity index (χ1n) is 6.14. The molecule has 0 bridgehead atoms. The van der Waals surface area contributed by atoms with Crippen molar-refractivity contribution in [1.82, 2.24) is 0 Å². The van der Waals surface area contributed by atoms with Gasteiger partial charge in [0.15, 0.2) is 0 Å². The van der Waals surface area contributed by atoms with Gasteiger partial charge in [-0.15, -0.1) is 0 Å². The molecule has 0 fully saturated rings. The van der Waals surface area contributed by atoms with Crippen LogP contribution in [0.3, 0.4) is 0 Å². The molecule has 1 rings (SSSR count). The van der Waals surface area contributed by atoms with E-state index in [0.717, 1.165) is 0 Å². The molecule has 4 N–H and O–H groups in total. The summed E-state index contributed by atoms with van der Waals surface area (Å²) < 4.78 is 0. The molecule has 8 heteroatoms. The first-order chi connectivity index (χ1) is 10.3. The lowest BCUT2D eigenvalue weighted by atomic mass is 10.1. The van der Waals surface area contributed by atoms with Crippen LogP contribution in [0.2, 0.25) is 0 Å². The second-order valence-electron chi connectivity index (χ2n) is 4.35. The maximum Gasteiger partial charge on any atom is 0.331 e. The topological polar surface area (TPSA) is 144 Å². The van der Waals surface area contributed by atoms with Crippen LogP contribution in [0.25, 0.3) is 6.08 Å². The Labute approximate surface area is 125 Å². The third kappa shape index (κ3) is 5.17. The second kappa shape index (κ2) is 7.70. The van der Waals surface area contributed by atoms with E-state index in [1.54, 1.807) is 6.08 Å². The quantitative estimate of drug-likeness (QED) is 0.299. The number of nitro benzene ring substituents is 1. The molecule has 1 aromatic carbocycles. The number of carboxylic acids is 2. The minimum Gasteiger partial charge on any atom is -0.480 e. The number of nitrogens with zero attached hydrogens (tertiary/aromatic N) is 1. The Morgan fingerprint density at radius 2 is 1.86 bits per heavy atom. The highest BCUT2D eigenvalue weighted by Crippen LogP contribution is 2.13. The molecular formula is C14H14N2O6. The van der Waals surface area contributed by atoms with E-state index >= 15 is 0 Å². The highest BCUT2D eigenvalue weighted by atomic mass is 16.6. The summed E-state index contributed by atoms with van der Waals surface area (Å²) >= 11 is 0. The molecule has 0 aliphatic heterocycles. The van der Waals surface area contributed by atoms with Crippen molar-refractivity contribution >= 4 is 23.7 Å². The summed E-state index contributed by atoms with van der Waals surface area (Å²) in [6, 6.07) is 4.36. The van der Waals surface area contributed by atoms with Crippen molar-refractivity contribution in [2.24, 2.45) is 5.73 Å². The van der Waals surface area contributed by atoms with Crippen LogP contribution in [0.15, 0.2) is 42.0 Å². The first-order valence-corrected chi connectivity index (χ1v) is 6.14. The van der Waals surface area contributed by atoms with Crippen molar-refractivity contribution in [3.63, 3.8) is 0 Å². The van der Waals surface area contributed by atoms with E-state index in [-0.39, 0.29) is 17.7 Å². The van der Waals surface area contributed by atoms with E-state index in [0.29, 0.717) is 5.56 Å². The van der Waals surface area contributed by atoms with Crippen molar-refractivity contribution in [1.29, 1.82) is 0 Å². The summed E-state index contributed by atoms with van der Waals surface area (Å²) in [5.41, 5.74) is 5.73. The highest BCUT2D eigenvalue weighted by Gasteiger charge is 2.17. The van der Waals surface area contributed by atoms with Gasteiger partial charge < -0.3 is 15.9 Å². The summed E-state index contributed by atoms with van der Waals surface area (Å²) in [6.07, 6.45) is 3.89. The number of allylic oxidation sites excluding steroid dienone is 2. The Kier molecular flexibility index (Phi) is 5.96. The number of nitro groups is 1. The molecule has 0 heterocycles. The van der Waals surface area contributed by atoms with Crippen LogP contribution in [0.4, 0.5) is 5.69 Å². The highest BCUT2D eigenvalue weighted by molar-refractivity contribution is 5.88. The van der Waals surface area contributed by atoms with Crippen LogP contribution < -0.4 is 5.73 Å². The SMILES string of the molecule is NC(CC(=CC=Cc1ccc([N+](=O)[O-])cc1)C(=O)O)C(=O)O. The molecule has 0 amide bonds. The van der Waals surface area contributed by atoms with E-state index in [9.17, 15) is 19.7 Å². The van der Waals surface area contributed by atoms with E-state index in [4.69, 9.17) is 15.9 Å². The minimum atomic E-state index is -1.30. The van der Waals surface area contributed by atoms with Crippen molar-refractivity contribution in [3.8, 4) is 0 Å². The number of nitrogens with two attached hydrogens (primary N) is 1. The molecule has 0 radical (unpaired) electrons. The fourth-order valence-electron chi connectivity index (χ4n) is 1.53. The maximum absolute atomic E-state index is 11.0. The Morgan fingerprint density at radius 3 is 2.32 bits per heavy atom. The molecule has 0 aromatic heterocycles. The normalized spacial score (nSPS) is 13.0. The lowest BCUT2D eigenvalue weighted by molar-refractivity contribution is -0.384. The number of rotatable bonds is 7. The molecule has 1 atom stereocenters. The largest absolute Gasteiger partial charge is 0.480 e. The van der Waals surface area contributed by atoms with Crippen LogP contribution in [-0.4, -0.2) is 33.1 Å². The molecule has 22 heavy (non-hydrogen) atoms. The van der Waals surface area contributed by atoms with Gasteiger partial charge in [-0.2, -0.15) is 0 Å². The number of non-ortho nitro benzene ring substituents is 1. The number of hydrogen-bond acceptors (Lipinski definition) is 5. The fourth-order valence-corrected chi connectivity index (χ4v) is 1.53. The smallest absolute Gasteiger partial charge is 0.331 e. The van der Waals surface area contributed by atoms with Crippen molar-refractivity contribution in [2.75, 3.05) is 0 Å². The van der Waals surface area contributed by atoms with Crippen LogP contribution in [0.5, 0.6) is 0 Å². The molecular weight excluding hydrogens is 292 g/mol. The first kappa shape index (κ1) is 17.1. The number of aliphatic carboxylic acids is 2. The van der Waals surface area contributed by atoms with Gasteiger partial charge in [0, 0.05) is 24.1 Å². The van der Waals surface area contributed by atoms with Crippen molar-refractivity contribution in [3.05, 3.63) is 57.7 Å². The van der Waals surface area contributed by atoms with Crippen molar-refractivity contribution in [2.45, 2.75) is 12.5 Å². The zero-order chi connectivity index (χ0) is 16.7. The summed E-state index contributed by atoms with van der Waals surface area (Å²) in [6.45, 7) is 0. The van der Waals surface area contributed by atoms with E-state index in [2.05, 4.69) is 0 Å². The van der Waals surface area contributed by atoms with Crippen LogP contribution in [-0.2, 0) is 9.59 Å². The minimum absolute atomic E-state index is 0.0497. The van der Waals surface area contributed by atoms with Gasteiger partial charge in [-0.3, -0.25) is 14.9 Å². The molecule has 0 aliphatic rings. The zero-order valence-corrected chi connectivity index (χ0v) is 11.4. The summed E-state index contributed by atoms with van der Waals surface area (Å²) in [5, 5.41) is 28.1. The predicted octanol–water partition coefficient (Wildman–Crippen LogP) is 1.42. The van der Waals surface area contributed by atoms with Gasteiger partial charge >= 0.3 is 11.9 Å². The average molecular weight is 306 g/mol. The van der Waals surface area contributed by atoms with E-state index in [1.165, 1.54) is 36.4 Å². The molecule has 8 nitrogen and oxygen atoms in total. The number of carboxylic acid groups (broad SMARTS) is 2. The zero-order valence-electron chi connectivity index (χ0n) is 11.4. The van der Waals surface area contributed by atoms with E-state index in [1.807, 2.05) is 0 Å². The third-order valence-electron chi connectivity index (χ3n) is 2.72. The Morgan fingerprint density at radius 1 is 1.27 bits per heavy atom. The molecule has 116 valence electrons. The molecule has 1 unspecified atom stereocenters. The van der Waals surface area contributed by atoms with Crippen LogP contribution in [0.1, 0.15) is 12.0 Å². The lowest BCUT2D eigenvalue weighted by Gasteiger charge is -2.05. The second-order valence-corrected chi connectivity index (χ2v) is 4.35. The van der Waals surface area contributed by atoms with E-state index < -0.39 is 22.9 Å². The Balaban J connectivity index is 2.83. The molecule has 0 aliphatic carbocycles. The standard InChI is InChI=1S/C14H14N2O6/c15-12(14(19)20)8-10(13(17)18)3-1-2-9-4-6-11(7-5-9)16(21)22/h1-7,12H,8,15H2,(H,17,18)(H,19,20). The van der Waals surface area contributed by atoms with Gasteiger partial charge in [-0.25, -0.2) is 4.79 Å².